The molecule has 1 aliphatic heterocycles. The highest BCUT2D eigenvalue weighted by molar-refractivity contribution is 7.17. The fourth-order valence-corrected chi connectivity index (χ4v) is 7.03. The average molecular weight is 516 g/mol. The van der Waals surface area contributed by atoms with Crippen molar-refractivity contribution in [3.63, 3.8) is 0 Å². The second-order valence-corrected chi connectivity index (χ2v) is 12.6. The molecule has 1 aromatic heterocycles. The van der Waals surface area contributed by atoms with Crippen LogP contribution < -0.4 is 10.6 Å². The van der Waals surface area contributed by atoms with E-state index >= 15 is 0 Å². The lowest BCUT2D eigenvalue weighted by Crippen LogP contribution is -2.43. The summed E-state index contributed by atoms with van der Waals surface area (Å²) in [6, 6.07) is 7.64. The number of hydrogen-bond acceptors (Lipinski definition) is 4. The normalized spacial score (nSPS) is 20.8. The van der Waals surface area contributed by atoms with Gasteiger partial charge in [-0.15, -0.1) is 11.3 Å². The van der Waals surface area contributed by atoms with Crippen molar-refractivity contribution in [1.82, 2.24) is 4.90 Å². The molecular formula is C28H38ClN3O2S. The molecule has 2 N–H and O–H groups in total. The first-order chi connectivity index (χ1) is 16.7. The van der Waals surface area contributed by atoms with Gasteiger partial charge in [0.15, 0.2) is 0 Å². The summed E-state index contributed by atoms with van der Waals surface area (Å²) in [6.45, 7) is 10.4. The van der Waals surface area contributed by atoms with Crippen molar-refractivity contribution < 1.29 is 9.59 Å². The zero-order valence-electron chi connectivity index (χ0n) is 21.4. The summed E-state index contributed by atoms with van der Waals surface area (Å²) < 4.78 is 0. The second kappa shape index (κ2) is 11.0. The SMILES string of the molecule is CC[C@@H]1CCCCN1CC(=O)Nc1sc2c(c1C(=O)Nc1cccc(Cl)c1)CC[C@H](C(C)(C)C)C2. The number of fused-ring (bicyclic) bond motifs is 1. The molecule has 7 heteroatoms. The van der Waals surface area contributed by atoms with E-state index in [1.807, 2.05) is 12.1 Å². The zero-order chi connectivity index (χ0) is 25.2. The summed E-state index contributed by atoms with van der Waals surface area (Å²) in [5.41, 5.74) is 2.57. The quantitative estimate of drug-likeness (QED) is 0.435. The molecular weight excluding hydrogens is 478 g/mol. The van der Waals surface area contributed by atoms with E-state index in [2.05, 4.69) is 43.2 Å². The molecule has 1 aromatic carbocycles. The van der Waals surface area contributed by atoms with Crippen molar-refractivity contribution in [2.75, 3.05) is 23.7 Å². The molecule has 1 aliphatic carbocycles. The Morgan fingerprint density at radius 3 is 2.69 bits per heavy atom. The van der Waals surface area contributed by atoms with Gasteiger partial charge in [-0.2, -0.15) is 0 Å². The summed E-state index contributed by atoms with van der Waals surface area (Å²) in [7, 11) is 0. The lowest BCUT2D eigenvalue weighted by Gasteiger charge is -2.34. The maximum atomic E-state index is 13.5. The number of benzene rings is 1. The van der Waals surface area contributed by atoms with Crippen LogP contribution in [0.2, 0.25) is 5.02 Å². The third-order valence-corrected chi connectivity index (χ3v) is 9.02. The molecule has 0 bridgehead atoms. The van der Waals surface area contributed by atoms with Gasteiger partial charge in [-0.25, -0.2) is 0 Å². The predicted octanol–water partition coefficient (Wildman–Crippen LogP) is 7.01. The van der Waals surface area contributed by atoms with Crippen LogP contribution in [0.25, 0.3) is 0 Å². The molecule has 0 radical (unpaired) electrons. The summed E-state index contributed by atoms with van der Waals surface area (Å²) in [5, 5.41) is 7.40. The summed E-state index contributed by atoms with van der Waals surface area (Å²) in [6.07, 6.45) is 7.42. The zero-order valence-corrected chi connectivity index (χ0v) is 23.0. The Balaban J connectivity index is 1.59. The van der Waals surface area contributed by atoms with Crippen LogP contribution in [0, 0.1) is 11.3 Å². The fraction of sp³-hybridized carbons (Fsp3) is 0.571. The molecule has 2 aromatic rings. The molecule has 1 fully saturated rings. The smallest absolute Gasteiger partial charge is 0.258 e. The number of carbonyl (C=O) groups is 2. The van der Waals surface area contributed by atoms with E-state index < -0.39 is 0 Å². The van der Waals surface area contributed by atoms with Gasteiger partial charge in [0.2, 0.25) is 5.91 Å². The van der Waals surface area contributed by atoms with E-state index in [1.54, 1.807) is 23.5 Å². The van der Waals surface area contributed by atoms with Gasteiger partial charge in [-0.1, -0.05) is 51.8 Å². The van der Waals surface area contributed by atoms with Crippen molar-refractivity contribution in [2.24, 2.45) is 11.3 Å². The van der Waals surface area contributed by atoms with Crippen molar-refractivity contribution in [1.29, 1.82) is 0 Å². The fourth-order valence-electron chi connectivity index (χ4n) is 5.49. The molecule has 0 spiro atoms. The molecule has 2 aliphatic rings. The van der Waals surface area contributed by atoms with Crippen molar-refractivity contribution in [3.05, 3.63) is 45.3 Å². The van der Waals surface area contributed by atoms with Crippen LogP contribution in [0.3, 0.4) is 0 Å². The van der Waals surface area contributed by atoms with Crippen LogP contribution >= 0.6 is 22.9 Å². The summed E-state index contributed by atoms with van der Waals surface area (Å²) in [4.78, 5) is 30.2. The highest BCUT2D eigenvalue weighted by Gasteiger charge is 2.34. The molecule has 190 valence electrons. The minimum Gasteiger partial charge on any atom is -0.322 e. The number of anilines is 2. The Morgan fingerprint density at radius 2 is 1.97 bits per heavy atom. The number of hydrogen-bond donors (Lipinski definition) is 2. The minimum atomic E-state index is -0.182. The predicted molar refractivity (Wildman–Crippen MR) is 147 cm³/mol. The molecule has 4 rings (SSSR count). The van der Waals surface area contributed by atoms with E-state index in [0.717, 1.165) is 50.6 Å². The number of carbonyl (C=O) groups excluding carboxylic acids is 2. The van der Waals surface area contributed by atoms with Gasteiger partial charge < -0.3 is 10.6 Å². The second-order valence-electron chi connectivity index (χ2n) is 11.1. The number of halogens is 1. The van der Waals surface area contributed by atoms with Gasteiger partial charge >= 0.3 is 0 Å². The molecule has 5 nitrogen and oxygen atoms in total. The van der Waals surface area contributed by atoms with Crippen molar-refractivity contribution in [3.8, 4) is 0 Å². The van der Waals surface area contributed by atoms with Crippen molar-refractivity contribution >= 4 is 45.4 Å². The number of piperidine rings is 1. The largest absolute Gasteiger partial charge is 0.322 e. The molecule has 0 saturated carbocycles. The van der Waals surface area contributed by atoms with Crippen molar-refractivity contribution in [2.45, 2.75) is 78.7 Å². The van der Waals surface area contributed by atoms with E-state index in [-0.39, 0.29) is 17.2 Å². The Labute approximate surface area is 218 Å². The van der Waals surface area contributed by atoms with Gasteiger partial charge in [0.05, 0.1) is 12.1 Å². The third kappa shape index (κ3) is 6.28. The maximum Gasteiger partial charge on any atom is 0.258 e. The molecule has 2 atom stereocenters. The standard InChI is InChI=1S/C28H38ClN3O2S/c1-5-21-11-6-7-14-32(21)17-24(33)31-27-25(26(34)30-20-10-8-9-19(29)16-20)22-13-12-18(28(2,3)4)15-23(22)35-27/h8-10,16,18,21H,5-7,11-15,17H2,1-4H3,(H,30,34)(H,31,33)/t18-,21+/m0/s1. The van der Waals surface area contributed by atoms with Gasteiger partial charge in [0.25, 0.3) is 5.91 Å². The average Bonchev–Trinajstić information content (AvgIpc) is 3.15. The van der Waals surface area contributed by atoms with Crippen LogP contribution in [-0.2, 0) is 17.6 Å². The van der Waals surface area contributed by atoms with E-state index in [9.17, 15) is 9.59 Å². The highest BCUT2D eigenvalue weighted by atomic mass is 35.5. The Kier molecular flexibility index (Phi) is 8.24. The number of rotatable bonds is 6. The number of likely N-dealkylation sites (tertiary alicyclic amines) is 1. The first kappa shape index (κ1) is 26.2. The van der Waals surface area contributed by atoms with E-state index in [0.29, 0.717) is 39.8 Å². The topological polar surface area (TPSA) is 61.4 Å². The Morgan fingerprint density at radius 1 is 1.17 bits per heavy atom. The van der Waals surface area contributed by atoms with Crippen LogP contribution in [0.1, 0.15) is 80.6 Å². The van der Waals surface area contributed by atoms with Crippen LogP contribution in [0.5, 0.6) is 0 Å². The first-order valence-corrected chi connectivity index (χ1v) is 14.1. The van der Waals surface area contributed by atoms with Gasteiger partial charge in [-0.3, -0.25) is 14.5 Å². The Hall–Kier alpha value is -1.89. The number of amides is 2. The van der Waals surface area contributed by atoms with Crippen LogP contribution in [0.15, 0.2) is 24.3 Å². The van der Waals surface area contributed by atoms with Gasteiger partial charge in [0.1, 0.15) is 5.00 Å². The molecule has 0 unspecified atom stereocenters. The third-order valence-electron chi connectivity index (χ3n) is 7.62. The lowest BCUT2D eigenvalue weighted by molar-refractivity contribution is -0.118. The molecule has 35 heavy (non-hydrogen) atoms. The molecule has 2 amide bonds. The number of thiophene rings is 1. The number of nitrogens with zero attached hydrogens (tertiary/aromatic N) is 1. The number of nitrogens with one attached hydrogen (secondary N) is 2. The first-order valence-electron chi connectivity index (χ1n) is 12.9. The summed E-state index contributed by atoms with van der Waals surface area (Å²) >= 11 is 7.72. The van der Waals surface area contributed by atoms with Gasteiger partial charge in [0, 0.05) is 21.6 Å². The highest BCUT2D eigenvalue weighted by Crippen LogP contribution is 2.44. The molecule has 1 saturated heterocycles. The van der Waals surface area contributed by atoms with Crippen LogP contribution in [-0.4, -0.2) is 35.8 Å². The van der Waals surface area contributed by atoms with E-state index in [1.165, 1.54) is 11.3 Å². The van der Waals surface area contributed by atoms with Crippen LogP contribution in [0.4, 0.5) is 10.7 Å². The maximum absolute atomic E-state index is 13.5. The monoisotopic (exact) mass is 515 g/mol. The minimum absolute atomic E-state index is 0.0341. The molecule has 2 heterocycles. The lowest BCUT2D eigenvalue weighted by atomic mass is 9.72. The van der Waals surface area contributed by atoms with E-state index in [4.69, 9.17) is 11.6 Å². The Bertz CT molecular complexity index is 1070. The van der Waals surface area contributed by atoms with Gasteiger partial charge in [-0.05, 0) is 80.2 Å². The summed E-state index contributed by atoms with van der Waals surface area (Å²) in [5.74, 6) is 0.339.